The summed E-state index contributed by atoms with van der Waals surface area (Å²) in [5.41, 5.74) is 0.130. The summed E-state index contributed by atoms with van der Waals surface area (Å²) in [4.78, 5) is 39.6. The minimum atomic E-state index is -0.993. The molecular weight excluding hydrogens is 405 g/mol. The van der Waals surface area contributed by atoms with E-state index in [2.05, 4.69) is 0 Å². The Kier molecular flexibility index (Phi) is 6.45. The molecule has 2 aromatic carbocycles. The van der Waals surface area contributed by atoms with Crippen LogP contribution in [0.3, 0.4) is 0 Å². The van der Waals surface area contributed by atoms with Crippen LogP contribution >= 0.6 is 0 Å². The van der Waals surface area contributed by atoms with Crippen molar-refractivity contribution in [2.24, 2.45) is 0 Å². The van der Waals surface area contributed by atoms with E-state index in [1.165, 1.54) is 35.2 Å². The molecule has 1 aliphatic rings. The first-order chi connectivity index (χ1) is 14.7. The summed E-state index contributed by atoms with van der Waals surface area (Å²) in [6.07, 6.45) is 0.558. The Balaban J connectivity index is 2.13. The van der Waals surface area contributed by atoms with Gasteiger partial charge in [-0.2, -0.15) is 0 Å². The van der Waals surface area contributed by atoms with Gasteiger partial charge in [-0.05, 0) is 56.9 Å². The van der Waals surface area contributed by atoms with Gasteiger partial charge >= 0.3 is 0 Å². The number of rotatable bonds is 7. The summed E-state index contributed by atoms with van der Waals surface area (Å²) in [5, 5.41) is 22.1. The van der Waals surface area contributed by atoms with Crippen molar-refractivity contribution in [2.45, 2.75) is 12.5 Å². The molecule has 1 unspecified atom stereocenters. The fraction of sp³-hybridized carbons (Fsp3) is 0.273. The number of nitro groups is 1. The van der Waals surface area contributed by atoms with Gasteiger partial charge in [0.2, 0.25) is 0 Å². The predicted molar refractivity (Wildman–Crippen MR) is 112 cm³/mol. The Labute approximate surface area is 178 Å². The lowest BCUT2D eigenvalue weighted by Crippen LogP contribution is -2.32. The second-order valence-electron chi connectivity index (χ2n) is 7.51. The molecule has 0 bridgehead atoms. The average molecular weight is 427 g/mol. The van der Waals surface area contributed by atoms with Gasteiger partial charge in [0.1, 0.15) is 11.6 Å². The second-order valence-corrected chi connectivity index (χ2v) is 7.51. The summed E-state index contributed by atoms with van der Waals surface area (Å²) in [6, 6.07) is 9.49. The molecule has 0 saturated carbocycles. The molecule has 0 aliphatic carbocycles. The van der Waals surface area contributed by atoms with E-state index in [9.17, 15) is 29.2 Å². The van der Waals surface area contributed by atoms with Gasteiger partial charge in [-0.25, -0.2) is 4.39 Å². The topological polar surface area (TPSA) is 104 Å². The van der Waals surface area contributed by atoms with Gasteiger partial charge in [-0.15, -0.1) is 0 Å². The zero-order valence-electron chi connectivity index (χ0n) is 17.1. The van der Waals surface area contributed by atoms with E-state index >= 15 is 0 Å². The van der Waals surface area contributed by atoms with Crippen LogP contribution in [-0.2, 0) is 9.59 Å². The van der Waals surface area contributed by atoms with Gasteiger partial charge < -0.3 is 14.9 Å². The number of ketones is 1. The molecule has 1 atom stereocenters. The predicted octanol–water partition coefficient (Wildman–Crippen LogP) is 3.11. The van der Waals surface area contributed by atoms with Gasteiger partial charge in [0.15, 0.2) is 0 Å². The monoisotopic (exact) mass is 427 g/mol. The third-order valence-electron chi connectivity index (χ3n) is 5.06. The third-order valence-corrected chi connectivity index (χ3v) is 5.06. The van der Waals surface area contributed by atoms with Crippen molar-refractivity contribution in [3.8, 4) is 0 Å². The van der Waals surface area contributed by atoms with Gasteiger partial charge in [-0.1, -0.05) is 12.1 Å². The standard InChI is InChI=1S/C22H22FN3O5/c1-24(2)11-4-12-25-19(15-5-3-6-17(13-15)26(30)31)18(21(28)22(25)29)20(27)14-7-9-16(23)10-8-14/h3,5-10,13,19,27H,4,11-12H2,1-2H3/b20-18-. The van der Waals surface area contributed by atoms with Crippen LogP contribution in [0.5, 0.6) is 0 Å². The van der Waals surface area contributed by atoms with Crippen molar-refractivity contribution in [2.75, 3.05) is 27.2 Å². The highest BCUT2D eigenvalue weighted by molar-refractivity contribution is 6.46. The van der Waals surface area contributed by atoms with Crippen molar-refractivity contribution >= 4 is 23.1 Å². The molecule has 1 fully saturated rings. The van der Waals surface area contributed by atoms with E-state index in [1.807, 2.05) is 19.0 Å². The van der Waals surface area contributed by atoms with Crippen LogP contribution in [0.1, 0.15) is 23.6 Å². The van der Waals surface area contributed by atoms with E-state index in [0.717, 1.165) is 12.1 Å². The van der Waals surface area contributed by atoms with Crippen LogP contribution in [0.4, 0.5) is 10.1 Å². The van der Waals surface area contributed by atoms with Crippen molar-refractivity contribution in [1.82, 2.24) is 9.80 Å². The average Bonchev–Trinajstić information content (AvgIpc) is 2.98. The molecule has 162 valence electrons. The lowest BCUT2D eigenvalue weighted by Gasteiger charge is -2.25. The van der Waals surface area contributed by atoms with Gasteiger partial charge in [0.25, 0.3) is 17.4 Å². The van der Waals surface area contributed by atoms with Crippen molar-refractivity contribution in [1.29, 1.82) is 0 Å². The largest absolute Gasteiger partial charge is 0.507 e. The fourth-order valence-electron chi connectivity index (χ4n) is 3.59. The smallest absolute Gasteiger partial charge is 0.295 e. The van der Waals surface area contributed by atoms with Gasteiger partial charge in [-0.3, -0.25) is 19.7 Å². The molecule has 0 aromatic heterocycles. The molecule has 1 N–H and O–H groups in total. The molecule has 31 heavy (non-hydrogen) atoms. The van der Waals surface area contributed by atoms with Gasteiger partial charge in [0, 0.05) is 24.2 Å². The molecule has 1 amide bonds. The van der Waals surface area contributed by atoms with Crippen LogP contribution in [-0.4, -0.2) is 58.7 Å². The number of non-ortho nitro benzene ring substituents is 1. The highest BCUT2D eigenvalue weighted by Gasteiger charge is 2.46. The number of amides is 1. The van der Waals surface area contributed by atoms with Crippen LogP contribution in [0.15, 0.2) is 54.1 Å². The molecule has 1 saturated heterocycles. The molecule has 0 radical (unpaired) electrons. The molecule has 2 aromatic rings. The van der Waals surface area contributed by atoms with Crippen LogP contribution in [0, 0.1) is 15.9 Å². The number of likely N-dealkylation sites (tertiary alicyclic amines) is 1. The molecule has 0 spiro atoms. The number of nitrogens with zero attached hydrogens (tertiary/aromatic N) is 3. The molecule has 1 heterocycles. The SMILES string of the molecule is CN(C)CCCN1C(=O)C(=O)/C(=C(\O)c2ccc(F)cc2)C1c1cccc([N+](=O)[O-])c1. The molecule has 1 aliphatic heterocycles. The number of carbonyl (C=O) groups excluding carboxylic acids is 2. The van der Waals surface area contributed by atoms with E-state index in [0.29, 0.717) is 18.5 Å². The van der Waals surface area contributed by atoms with E-state index in [-0.39, 0.29) is 23.4 Å². The molecule has 3 rings (SSSR count). The second kappa shape index (κ2) is 9.05. The lowest BCUT2D eigenvalue weighted by atomic mass is 9.95. The normalized spacial score (nSPS) is 18.1. The van der Waals surface area contributed by atoms with Gasteiger partial charge in [0.05, 0.1) is 16.5 Å². The number of hydrogen-bond donors (Lipinski definition) is 1. The maximum absolute atomic E-state index is 13.3. The number of halogens is 1. The van der Waals surface area contributed by atoms with E-state index in [4.69, 9.17) is 0 Å². The number of Topliss-reactive ketones (excluding diaryl/α,β-unsaturated/α-hetero) is 1. The summed E-state index contributed by atoms with van der Waals surface area (Å²) < 4.78 is 13.3. The minimum Gasteiger partial charge on any atom is -0.507 e. The first-order valence-corrected chi connectivity index (χ1v) is 9.64. The maximum atomic E-state index is 13.3. The Morgan fingerprint density at radius 3 is 2.48 bits per heavy atom. The van der Waals surface area contributed by atoms with Crippen LogP contribution < -0.4 is 0 Å². The molecule has 8 nitrogen and oxygen atoms in total. The Bertz CT molecular complexity index is 1050. The fourth-order valence-corrected chi connectivity index (χ4v) is 3.59. The number of hydrogen-bond acceptors (Lipinski definition) is 6. The van der Waals surface area contributed by atoms with Crippen LogP contribution in [0.2, 0.25) is 0 Å². The summed E-state index contributed by atoms with van der Waals surface area (Å²) in [6.45, 7) is 0.874. The first kappa shape index (κ1) is 22.1. The number of nitro benzene ring substituents is 1. The zero-order valence-corrected chi connectivity index (χ0v) is 17.1. The minimum absolute atomic E-state index is 0.170. The number of benzene rings is 2. The maximum Gasteiger partial charge on any atom is 0.295 e. The van der Waals surface area contributed by atoms with Crippen molar-refractivity contribution < 1.29 is 24.0 Å². The summed E-state index contributed by atoms with van der Waals surface area (Å²) >= 11 is 0. The van der Waals surface area contributed by atoms with Crippen molar-refractivity contribution in [3.05, 3.63) is 81.2 Å². The number of aliphatic hydroxyl groups excluding tert-OH is 1. The Morgan fingerprint density at radius 1 is 1.19 bits per heavy atom. The van der Waals surface area contributed by atoms with E-state index < -0.39 is 34.2 Å². The van der Waals surface area contributed by atoms with E-state index in [1.54, 1.807) is 6.07 Å². The highest BCUT2D eigenvalue weighted by atomic mass is 19.1. The molecular formula is C22H22FN3O5. The van der Waals surface area contributed by atoms with Crippen LogP contribution in [0.25, 0.3) is 5.76 Å². The molecule has 9 heteroatoms. The Morgan fingerprint density at radius 2 is 1.87 bits per heavy atom. The quantitative estimate of drug-likeness (QED) is 0.239. The van der Waals surface area contributed by atoms with Crippen molar-refractivity contribution in [3.63, 3.8) is 0 Å². The number of aliphatic hydroxyl groups is 1. The zero-order chi connectivity index (χ0) is 22.7. The first-order valence-electron chi connectivity index (χ1n) is 9.64. The lowest BCUT2D eigenvalue weighted by molar-refractivity contribution is -0.384. The number of carbonyl (C=O) groups is 2. The summed E-state index contributed by atoms with van der Waals surface area (Å²) in [5.74, 6) is -2.65. The Hall–Kier alpha value is -3.59. The summed E-state index contributed by atoms with van der Waals surface area (Å²) in [7, 11) is 3.75. The third kappa shape index (κ3) is 4.61. The highest BCUT2D eigenvalue weighted by Crippen LogP contribution is 2.40.